The number of likely N-dealkylation sites (tertiary alicyclic amines) is 1. The number of benzene rings is 2. The average Bonchev–Trinajstić information content (AvgIpc) is 3.70. The van der Waals surface area contributed by atoms with Crippen LogP contribution in [-0.2, 0) is 24.2 Å². The summed E-state index contributed by atoms with van der Waals surface area (Å²) in [4.78, 5) is 34.9. The van der Waals surface area contributed by atoms with Crippen LogP contribution in [0, 0.1) is 11.3 Å². The van der Waals surface area contributed by atoms with E-state index in [1.807, 2.05) is 64.3 Å². The first kappa shape index (κ1) is 27.5. The van der Waals surface area contributed by atoms with Gasteiger partial charge in [0, 0.05) is 52.5 Å². The van der Waals surface area contributed by atoms with Crippen LogP contribution in [0.2, 0.25) is 0 Å². The number of nitrogens with zero attached hydrogens (tertiary/aromatic N) is 3. The van der Waals surface area contributed by atoms with E-state index in [0.29, 0.717) is 18.0 Å². The summed E-state index contributed by atoms with van der Waals surface area (Å²) < 4.78 is 2.04. The first-order valence-electron chi connectivity index (χ1n) is 14.7. The average molecular weight is 567 g/mol. The number of carbonyl (C=O) groups is 2. The Balaban J connectivity index is 1.35. The number of hydrogen-bond donors (Lipinski definition) is 1. The zero-order valence-electron chi connectivity index (χ0n) is 24.2. The molecule has 6 rings (SSSR count). The number of para-hydroxylation sites is 2. The zero-order chi connectivity index (χ0) is 28.6. The molecule has 0 bridgehead atoms. The van der Waals surface area contributed by atoms with E-state index >= 15 is 0 Å². The van der Waals surface area contributed by atoms with Crippen molar-refractivity contribution in [3.63, 3.8) is 0 Å². The molecule has 212 valence electrons. The summed E-state index contributed by atoms with van der Waals surface area (Å²) in [5.74, 6) is 0.626. The number of fused-ring (bicyclic) bond motifs is 2. The molecule has 1 aliphatic heterocycles. The fourth-order valence-corrected chi connectivity index (χ4v) is 7.47. The van der Waals surface area contributed by atoms with Gasteiger partial charge in [0.2, 0.25) is 5.91 Å². The monoisotopic (exact) mass is 566 g/mol. The summed E-state index contributed by atoms with van der Waals surface area (Å²) >= 11 is 1.65. The molecule has 2 aliphatic rings. The fraction of sp³-hybridized carbons (Fsp3) is 0.382. The first-order valence-corrected chi connectivity index (χ1v) is 15.5. The van der Waals surface area contributed by atoms with Gasteiger partial charge in [-0.3, -0.25) is 9.59 Å². The van der Waals surface area contributed by atoms with Crippen molar-refractivity contribution in [1.29, 1.82) is 0 Å². The van der Waals surface area contributed by atoms with Crippen LogP contribution in [0.5, 0.6) is 0 Å². The molecular weight excluding hydrogens is 528 g/mol. The molecule has 1 saturated heterocycles. The summed E-state index contributed by atoms with van der Waals surface area (Å²) in [5, 5.41) is 4.91. The molecule has 0 radical (unpaired) electrons. The molecular formula is C34H38N4O2S. The van der Waals surface area contributed by atoms with Crippen LogP contribution in [0.4, 0.5) is 10.7 Å². The SMILES string of the molecule is CC(C)(C)[C@H]1CCc2c(sc(N=Cc3cn(CC(=O)N4CCCC4)c4ccccc34)c2C(=O)Nc2ccccc2)C1. The van der Waals surface area contributed by atoms with Gasteiger partial charge in [0.15, 0.2) is 0 Å². The summed E-state index contributed by atoms with van der Waals surface area (Å²) in [6.45, 7) is 8.94. The van der Waals surface area contributed by atoms with Gasteiger partial charge in [0.1, 0.15) is 11.5 Å². The van der Waals surface area contributed by atoms with Crippen LogP contribution in [0.15, 0.2) is 65.8 Å². The van der Waals surface area contributed by atoms with Crippen LogP contribution in [0.25, 0.3) is 10.9 Å². The van der Waals surface area contributed by atoms with E-state index in [0.717, 1.165) is 77.9 Å². The van der Waals surface area contributed by atoms with Crippen molar-refractivity contribution in [3.8, 4) is 0 Å². The number of rotatable bonds is 6. The van der Waals surface area contributed by atoms with Crippen LogP contribution >= 0.6 is 11.3 Å². The molecule has 4 aromatic rings. The summed E-state index contributed by atoms with van der Waals surface area (Å²) in [6, 6.07) is 17.8. The van der Waals surface area contributed by atoms with Crippen molar-refractivity contribution >= 4 is 51.0 Å². The highest BCUT2D eigenvalue weighted by Gasteiger charge is 2.33. The molecule has 0 spiro atoms. The predicted octanol–water partition coefficient (Wildman–Crippen LogP) is 7.48. The third kappa shape index (κ3) is 5.73. The van der Waals surface area contributed by atoms with E-state index in [2.05, 4.69) is 38.2 Å². The van der Waals surface area contributed by atoms with Gasteiger partial charge < -0.3 is 14.8 Å². The van der Waals surface area contributed by atoms with Gasteiger partial charge in [-0.15, -0.1) is 11.3 Å². The molecule has 3 heterocycles. The Morgan fingerprint density at radius 2 is 1.78 bits per heavy atom. The second-order valence-electron chi connectivity index (χ2n) is 12.4. The lowest BCUT2D eigenvalue weighted by molar-refractivity contribution is -0.130. The normalized spacial score (nSPS) is 17.3. The van der Waals surface area contributed by atoms with Gasteiger partial charge in [-0.25, -0.2) is 4.99 Å². The second-order valence-corrected chi connectivity index (χ2v) is 13.5. The molecule has 41 heavy (non-hydrogen) atoms. The Morgan fingerprint density at radius 3 is 2.54 bits per heavy atom. The Bertz CT molecular complexity index is 1600. The minimum Gasteiger partial charge on any atom is -0.341 e. The number of aliphatic imine (C=N–C) groups is 1. The van der Waals surface area contributed by atoms with Crippen molar-refractivity contribution in [2.75, 3.05) is 18.4 Å². The highest BCUT2D eigenvalue weighted by atomic mass is 32.1. The molecule has 1 N–H and O–H groups in total. The van der Waals surface area contributed by atoms with Gasteiger partial charge in [-0.05, 0) is 67.2 Å². The molecule has 2 aromatic carbocycles. The Morgan fingerprint density at radius 1 is 1.05 bits per heavy atom. The van der Waals surface area contributed by atoms with Crippen molar-refractivity contribution in [2.45, 2.75) is 59.4 Å². The van der Waals surface area contributed by atoms with E-state index < -0.39 is 0 Å². The number of nitrogens with one attached hydrogen (secondary N) is 1. The minimum atomic E-state index is -0.103. The number of carbonyl (C=O) groups excluding carboxylic acids is 2. The van der Waals surface area contributed by atoms with Gasteiger partial charge in [-0.1, -0.05) is 57.2 Å². The molecule has 0 unspecified atom stereocenters. The number of thiophene rings is 1. The summed E-state index contributed by atoms with van der Waals surface area (Å²) in [6.07, 6.45) is 8.99. The number of hydrogen-bond acceptors (Lipinski definition) is 4. The van der Waals surface area contributed by atoms with E-state index in [1.54, 1.807) is 11.3 Å². The molecule has 1 fully saturated rings. The predicted molar refractivity (Wildman–Crippen MR) is 169 cm³/mol. The standard InChI is InChI=1S/C34H38N4O2S/c1-34(2,3)24-15-16-27-29(19-24)41-33(31(27)32(40)36-25-11-5-4-6-12-25)35-20-23-21-38(28-14-8-7-13-26(23)28)22-30(39)37-17-9-10-18-37/h4-8,11-14,20-21,24H,9-10,15-19,22H2,1-3H3,(H,36,40)/t24-/m0/s1. The number of amides is 2. The molecule has 1 atom stereocenters. The Kier molecular flexibility index (Phi) is 7.56. The van der Waals surface area contributed by atoms with Crippen molar-refractivity contribution in [2.24, 2.45) is 16.3 Å². The van der Waals surface area contributed by atoms with Crippen molar-refractivity contribution in [1.82, 2.24) is 9.47 Å². The number of anilines is 1. The van der Waals surface area contributed by atoms with E-state index in [9.17, 15) is 9.59 Å². The first-order chi connectivity index (χ1) is 19.8. The topological polar surface area (TPSA) is 66.7 Å². The highest BCUT2D eigenvalue weighted by Crippen LogP contribution is 2.45. The smallest absolute Gasteiger partial charge is 0.259 e. The zero-order valence-corrected chi connectivity index (χ0v) is 25.0. The van der Waals surface area contributed by atoms with Crippen molar-refractivity contribution < 1.29 is 9.59 Å². The Hall–Kier alpha value is -3.71. The lowest BCUT2D eigenvalue weighted by Gasteiger charge is -2.33. The van der Waals surface area contributed by atoms with Gasteiger partial charge in [-0.2, -0.15) is 0 Å². The van der Waals surface area contributed by atoms with Crippen LogP contribution < -0.4 is 5.32 Å². The molecule has 2 aromatic heterocycles. The van der Waals surface area contributed by atoms with Crippen LogP contribution in [0.3, 0.4) is 0 Å². The van der Waals surface area contributed by atoms with Crippen LogP contribution in [0.1, 0.15) is 66.4 Å². The summed E-state index contributed by atoms with van der Waals surface area (Å²) in [5.41, 5.74) is 4.80. The quantitative estimate of drug-likeness (QED) is 0.246. The maximum atomic E-state index is 13.7. The van der Waals surface area contributed by atoms with Gasteiger partial charge in [0.25, 0.3) is 5.91 Å². The summed E-state index contributed by atoms with van der Waals surface area (Å²) in [7, 11) is 0. The molecule has 7 heteroatoms. The largest absolute Gasteiger partial charge is 0.341 e. The minimum absolute atomic E-state index is 0.103. The Labute approximate surface area is 246 Å². The molecule has 6 nitrogen and oxygen atoms in total. The van der Waals surface area contributed by atoms with E-state index in [-0.39, 0.29) is 17.2 Å². The second kappa shape index (κ2) is 11.3. The fourth-order valence-electron chi connectivity index (χ4n) is 6.20. The third-order valence-electron chi connectivity index (χ3n) is 8.63. The molecule has 1 aliphatic carbocycles. The van der Waals surface area contributed by atoms with E-state index in [4.69, 9.17) is 4.99 Å². The third-order valence-corrected chi connectivity index (χ3v) is 9.80. The van der Waals surface area contributed by atoms with Gasteiger partial charge in [0.05, 0.1) is 5.56 Å². The highest BCUT2D eigenvalue weighted by molar-refractivity contribution is 7.16. The maximum absolute atomic E-state index is 13.7. The molecule has 0 saturated carbocycles. The lowest BCUT2D eigenvalue weighted by Crippen LogP contribution is -2.30. The lowest BCUT2D eigenvalue weighted by atomic mass is 9.72. The van der Waals surface area contributed by atoms with Crippen molar-refractivity contribution in [3.05, 3.63) is 82.4 Å². The number of aromatic nitrogens is 1. The maximum Gasteiger partial charge on any atom is 0.259 e. The van der Waals surface area contributed by atoms with Gasteiger partial charge >= 0.3 is 0 Å². The molecule has 2 amide bonds. The van der Waals surface area contributed by atoms with Crippen LogP contribution in [-0.4, -0.2) is 40.6 Å². The van der Waals surface area contributed by atoms with E-state index in [1.165, 1.54) is 4.88 Å².